The fraction of sp³-hybridized carbons (Fsp3) is 0.250. The molecule has 0 atom stereocenters. The molecule has 0 bridgehead atoms. The Morgan fingerprint density at radius 3 is 2.32 bits per heavy atom. The van der Waals surface area contributed by atoms with E-state index >= 15 is 0 Å². The minimum atomic E-state index is -0.373. The summed E-state index contributed by atoms with van der Waals surface area (Å²) in [6.45, 7) is 0.620. The molecule has 7 heteroatoms. The van der Waals surface area contributed by atoms with E-state index in [0.29, 0.717) is 11.6 Å². The molecule has 0 amide bonds. The lowest BCUT2D eigenvalue weighted by Gasteiger charge is -2.06. The van der Waals surface area contributed by atoms with Gasteiger partial charge in [-0.25, -0.2) is 4.79 Å². The molecule has 0 saturated heterocycles. The predicted octanol–water partition coefficient (Wildman–Crippen LogP) is 4.87. The monoisotopic (exact) mass is 618 g/mol. The van der Waals surface area contributed by atoms with Gasteiger partial charge < -0.3 is 9.47 Å². The van der Waals surface area contributed by atoms with E-state index < -0.39 is 0 Å². The highest BCUT2D eigenvalue weighted by Crippen LogP contribution is 2.25. The second-order valence-corrected chi connectivity index (χ2v) is 9.41. The van der Waals surface area contributed by atoms with Gasteiger partial charge in [0.2, 0.25) is 0 Å². The fourth-order valence-electron chi connectivity index (χ4n) is 1.06. The highest BCUT2D eigenvalue weighted by atomic mass is 127. The molecule has 0 aliphatic carbocycles. The highest BCUT2D eigenvalue weighted by molar-refractivity contribution is 14.2. The minimum Gasteiger partial charge on any atom is -0.459 e. The van der Waals surface area contributed by atoms with Gasteiger partial charge in [0.25, 0.3) is 0 Å². The number of carbonyl (C=O) groups excluding carboxylic acids is 1. The van der Waals surface area contributed by atoms with Crippen LogP contribution in [0.1, 0.15) is 5.56 Å². The minimum absolute atomic E-state index is 0.0410. The van der Waals surface area contributed by atoms with Crippen LogP contribution < -0.4 is 0 Å². The summed E-state index contributed by atoms with van der Waals surface area (Å²) in [6, 6.07) is 7.16. The number of carbonyl (C=O) groups is 1. The van der Waals surface area contributed by atoms with Crippen LogP contribution in [0, 0.1) is 0 Å². The van der Waals surface area contributed by atoms with Crippen molar-refractivity contribution in [2.75, 3.05) is 13.2 Å². The van der Waals surface area contributed by atoms with Gasteiger partial charge in [-0.15, -0.1) is 0 Å². The van der Waals surface area contributed by atoms with Crippen molar-refractivity contribution in [3.8, 4) is 0 Å². The van der Waals surface area contributed by atoms with E-state index in [0.717, 1.165) is 10.7 Å². The van der Waals surface area contributed by atoms with Crippen molar-refractivity contribution in [2.45, 2.75) is 6.61 Å². The van der Waals surface area contributed by atoms with Crippen LogP contribution in [0.5, 0.6) is 0 Å². The molecule has 0 aromatic heterocycles. The number of benzene rings is 1. The zero-order valence-corrected chi connectivity index (χ0v) is 16.9. The average molecular weight is 618 g/mol. The van der Waals surface area contributed by atoms with Crippen molar-refractivity contribution in [3.63, 3.8) is 0 Å². The van der Waals surface area contributed by atoms with Gasteiger partial charge in [-0.3, -0.25) is 0 Å². The van der Waals surface area contributed by atoms with Crippen molar-refractivity contribution in [1.29, 1.82) is 0 Å². The molecule has 0 saturated carbocycles. The first-order valence-electron chi connectivity index (χ1n) is 5.16. The smallest absolute Gasteiger partial charge is 0.332 e. The Labute approximate surface area is 157 Å². The lowest BCUT2D eigenvalue weighted by molar-refractivity contribution is -0.149. The summed E-state index contributed by atoms with van der Waals surface area (Å²) < 4.78 is 12.5. The van der Waals surface area contributed by atoms with E-state index in [-0.39, 0.29) is 19.2 Å². The number of hydrogen-bond donors (Lipinski definition) is 0. The molecule has 0 fully saturated rings. The van der Waals surface area contributed by atoms with Gasteiger partial charge in [0.1, 0.15) is 13.2 Å². The van der Waals surface area contributed by atoms with Crippen molar-refractivity contribution in [1.82, 2.24) is 0 Å². The summed E-state index contributed by atoms with van der Waals surface area (Å²) in [5, 5.41) is 0.660. The molecular weight excluding hydrogens is 608 g/mol. The molecule has 0 spiro atoms. The van der Waals surface area contributed by atoms with Crippen LogP contribution in [0.15, 0.2) is 29.4 Å². The predicted molar refractivity (Wildman–Crippen MR) is 101 cm³/mol. The average Bonchev–Trinajstić information content (AvgIpc) is 2.37. The normalized spacial score (nSPS) is 10.1. The molecule has 3 nitrogen and oxygen atoms in total. The lowest BCUT2D eigenvalue weighted by atomic mass is 10.2. The molecule has 104 valence electrons. The van der Waals surface area contributed by atoms with Crippen molar-refractivity contribution in [2.24, 2.45) is 0 Å². The van der Waals surface area contributed by atoms with E-state index in [9.17, 15) is 4.79 Å². The molecule has 0 heterocycles. The highest BCUT2D eigenvalue weighted by Gasteiger charge is 2.05. The topological polar surface area (TPSA) is 35.5 Å². The first kappa shape index (κ1) is 17.9. The Morgan fingerprint density at radius 2 is 1.74 bits per heavy atom. The molecular formula is C12H10ClI3O3. The maximum Gasteiger partial charge on any atom is 0.332 e. The lowest BCUT2D eigenvalue weighted by Crippen LogP contribution is -2.13. The van der Waals surface area contributed by atoms with Gasteiger partial charge in [-0.05, 0) is 85.5 Å². The summed E-state index contributed by atoms with van der Waals surface area (Å²) in [5.41, 5.74) is 0.897. The van der Waals surface area contributed by atoms with Gasteiger partial charge in [0.15, 0.2) is 0 Å². The van der Waals surface area contributed by atoms with Gasteiger partial charge in [-0.2, -0.15) is 0 Å². The SMILES string of the molecule is O=C(COCC(I)=C(I)I)OCc1ccc(Cl)cc1. The zero-order chi connectivity index (χ0) is 14.3. The third-order valence-corrected chi connectivity index (χ3v) is 6.44. The molecule has 0 aliphatic heterocycles. The molecule has 1 rings (SSSR count). The summed E-state index contributed by atoms with van der Waals surface area (Å²) in [6.07, 6.45) is 0. The third kappa shape index (κ3) is 8.02. The molecule has 1 aromatic rings. The fourth-order valence-corrected chi connectivity index (χ4v) is 1.72. The number of halogens is 4. The van der Waals surface area contributed by atoms with Crippen LogP contribution >= 0.6 is 79.4 Å². The quantitative estimate of drug-likeness (QED) is 0.337. The number of rotatable bonds is 6. The maximum atomic E-state index is 11.4. The van der Waals surface area contributed by atoms with Crippen molar-refractivity contribution in [3.05, 3.63) is 40.0 Å². The van der Waals surface area contributed by atoms with Gasteiger partial charge in [-0.1, -0.05) is 23.7 Å². The summed E-state index contributed by atoms with van der Waals surface area (Å²) in [4.78, 5) is 11.4. The van der Waals surface area contributed by atoms with Crippen LogP contribution in [0.25, 0.3) is 0 Å². The first-order chi connectivity index (χ1) is 8.99. The van der Waals surface area contributed by atoms with Crippen LogP contribution in [0.2, 0.25) is 5.02 Å². The van der Waals surface area contributed by atoms with Crippen LogP contribution in [0.3, 0.4) is 0 Å². The largest absolute Gasteiger partial charge is 0.459 e. The number of esters is 1. The van der Waals surface area contributed by atoms with Crippen molar-refractivity contribution >= 4 is 85.3 Å². The van der Waals surface area contributed by atoms with Crippen LogP contribution in [0.4, 0.5) is 0 Å². The van der Waals surface area contributed by atoms with E-state index in [1.165, 1.54) is 0 Å². The summed E-state index contributed by atoms with van der Waals surface area (Å²) in [7, 11) is 0. The Kier molecular flexibility index (Phi) is 9.19. The Balaban J connectivity index is 2.25. The molecule has 0 unspecified atom stereocenters. The van der Waals surface area contributed by atoms with Gasteiger partial charge in [0.05, 0.1) is 8.19 Å². The van der Waals surface area contributed by atoms with Crippen molar-refractivity contribution < 1.29 is 14.3 Å². The Hall–Kier alpha value is 0.870. The molecule has 0 N–H and O–H groups in total. The Bertz CT molecular complexity index is 456. The Morgan fingerprint density at radius 1 is 1.11 bits per heavy atom. The molecule has 0 aliphatic rings. The van der Waals surface area contributed by atoms with E-state index in [1.54, 1.807) is 12.1 Å². The van der Waals surface area contributed by atoms with E-state index in [2.05, 4.69) is 67.8 Å². The summed E-state index contributed by atoms with van der Waals surface area (Å²) >= 11 is 12.4. The zero-order valence-electron chi connectivity index (χ0n) is 9.67. The van der Waals surface area contributed by atoms with Gasteiger partial charge in [0, 0.05) is 8.60 Å². The maximum absolute atomic E-state index is 11.4. The number of ether oxygens (including phenoxy) is 2. The second kappa shape index (κ2) is 9.74. The number of hydrogen-bond acceptors (Lipinski definition) is 3. The van der Waals surface area contributed by atoms with Gasteiger partial charge >= 0.3 is 5.97 Å². The molecule has 1 aromatic carbocycles. The second-order valence-electron chi connectivity index (χ2n) is 3.45. The molecule has 19 heavy (non-hydrogen) atoms. The summed E-state index contributed by atoms with van der Waals surface area (Å²) in [5.74, 6) is -0.373. The van der Waals surface area contributed by atoms with Crippen LogP contribution in [-0.4, -0.2) is 19.2 Å². The van der Waals surface area contributed by atoms with Crippen LogP contribution in [-0.2, 0) is 20.9 Å². The van der Waals surface area contributed by atoms with E-state index in [4.69, 9.17) is 21.1 Å². The molecule has 0 radical (unpaired) electrons. The first-order valence-corrected chi connectivity index (χ1v) is 8.78. The standard InChI is InChI=1S/C12H10ClI3O3/c13-9-3-1-8(2-4-9)5-19-11(17)7-18-6-10(14)12(15)16/h1-4H,5-7H2. The third-order valence-electron chi connectivity index (χ3n) is 1.97. The van der Waals surface area contributed by atoms with E-state index in [1.807, 2.05) is 12.1 Å².